The zero-order chi connectivity index (χ0) is 13.1. The minimum Gasteiger partial charge on any atom is -0.465 e. The van der Waals surface area contributed by atoms with Crippen LogP contribution in [0.2, 0.25) is 0 Å². The molecular formula is C11H15NO4S. The highest BCUT2D eigenvalue weighted by atomic mass is 32.2. The van der Waals surface area contributed by atoms with Gasteiger partial charge < -0.3 is 4.74 Å². The Kier molecular flexibility index (Phi) is 4.25. The first-order chi connectivity index (χ1) is 7.92. The number of methoxy groups -OCH3 is 1. The van der Waals surface area contributed by atoms with Gasteiger partial charge in [0.05, 0.1) is 17.6 Å². The van der Waals surface area contributed by atoms with Gasteiger partial charge in [-0.3, -0.25) is 0 Å². The maximum atomic E-state index is 11.9. The molecule has 0 atom stereocenters. The fourth-order valence-corrected chi connectivity index (χ4v) is 2.71. The summed E-state index contributed by atoms with van der Waals surface area (Å²) in [5.74, 6) is -0.557. The van der Waals surface area contributed by atoms with Crippen LogP contribution in [0.1, 0.15) is 22.8 Å². The second kappa shape index (κ2) is 5.29. The molecule has 94 valence electrons. The SMILES string of the molecule is CCNS(=O)(=O)c1cc(C(=O)OC)ccc1C. The van der Waals surface area contributed by atoms with Crippen molar-refractivity contribution in [3.8, 4) is 0 Å². The van der Waals surface area contributed by atoms with E-state index in [1.807, 2.05) is 0 Å². The monoisotopic (exact) mass is 257 g/mol. The van der Waals surface area contributed by atoms with E-state index in [-0.39, 0.29) is 10.5 Å². The van der Waals surface area contributed by atoms with Gasteiger partial charge in [-0.25, -0.2) is 17.9 Å². The second-order valence-electron chi connectivity index (χ2n) is 3.47. The van der Waals surface area contributed by atoms with Crippen molar-refractivity contribution in [3.05, 3.63) is 29.3 Å². The minimum atomic E-state index is -3.56. The first-order valence-corrected chi connectivity index (χ1v) is 6.59. The van der Waals surface area contributed by atoms with Crippen molar-refractivity contribution in [3.63, 3.8) is 0 Å². The lowest BCUT2D eigenvalue weighted by Crippen LogP contribution is -2.24. The smallest absolute Gasteiger partial charge is 0.337 e. The van der Waals surface area contributed by atoms with Crippen molar-refractivity contribution in [2.75, 3.05) is 13.7 Å². The normalized spacial score (nSPS) is 11.2. The van der Waals surface area contributed by atoms with Gasteiger partial charge >= 0.3 is 5.97 Å². The first kappa shape index (κ1) is 13.7. The van der Waals surface area contributed by atoms with Gasteiger partial charge in [-0.2, -0.15) is 0 Å². The number of nitrogens with one attached hydrogen (secondary N) is 1. The van der Waals surface area contributed by atoms with E-state index in [0.717, 1.165) is 0 Å². The molecule has 0 heterocycles. The number of carbonyl (C=O) groups is 1. The number of carbonyl (C=O) groups excluding carboxylic acids is 1. The average Bonchev–Trinajstić information content (AvgIpc) is 2.28. The summed E-state index contributed by atoms with van der Waals surface area (Å²) in [4.78, 5) is 11.4. The highest BCUT2D eigenvalue weighted by Crippen LogP contribution is 2.17. The Balaban J connectivity index is 3.29. The van der Waals surface area contributed by atoms with E-state index in [1.165, 1.54) is 19.2 Å². The van der Waals surface area contributed by atoms with Crippen LogP contribution in [0.3, 0.4) is 0 Å². The molecule has 17 heavy (non-hydrogen) atoms. The van der Waals surface area contributed by atoms with E-state index < -0.39 is 16.0 Å². The standard InChI is InChI=1S/C11H15NO4S/c1-4-12-17(14,15)10-7-9(11(13)16-3)6-5-8(10)2/h5-7,12H,4H2,1-3H3. The first-order valence-electron chi connectivity index (χ1n) is 5.11. The fourth-order valence-electron chi connectivity index (χ4n) is 1.40. The van der Waals surface area contributed by atoms with Crippen LogP contribution in [0.5, 0.6) is 0 Å². The van der Waals surface area contributed by atoms with Gasteiger partial charge in [-0.05, 0) is 24.6 Å². The lowest BCUT2D eigenvalue weighted by Gasteiger charge is -2.09. The summed E-state index contributed by atoms with van der Waals surface area (Å²) in [5, 5.41) is 0. The third-order valence-electron chi connectivity index (χ3n) is 2.23. The second-order valence-corrected chi connectivity index (χ2v) is 5.21. The van der Waals surface area contributed by atoms with Crippen molar-refractivity contribution < 1.29 is 17.9 Å². The molecule has 1 N–H and O–H groups in total. The third-order valence-corrected chi connectivity index (χ3v) is 3.92. The Bertz CT molecular complexity index is 522. The third kappa shape index (κ3) is 3.04. The maximum absolute atomic E-state index is 11.9. The van der Waals surface area contributed by atoms with E-state index in [1.54, 1.807) is 19.9 Å². The molecule has 0 saturated heterocycles. The predicted octanol–water partition coefficient (Wildman–Crippen LogP) is 1.08. The summed E-state index contributed by atoms with van der Waals surface area (Å²) >= 11 is 0. The molecule has 0 unspecified atom stereocenters. The summed E-state index contributed by atoms with van der Waals surface area (Å²) < 4.78 is 30.6. The number of rotatable bonds is 4. The Labute approximate surface area is 101 Å². The maximum Gasteiger partial charge on any atom is 0.337 e. The van der Waals surface area contributed by atoms with Gasteiger partial charge in [-0.15, -0.1) is 0 Å². The number of sulfonamides is 1. The Morgan fingerprint density at radius 3 is 2.59 bits per heavy atom. The summed E-state index contributed by atoms with van der Waals surface area (Å²) in [7, 11) is -2.31. The molecule has 0 radical (unpaired) electrons. The van der Waals surface area contributed by atoms with Crippen molar-refractivity contribution in [2.24, 2.45) is 0 Å². The quantitative estimate of drug-likeness (QED) is 0.819. The Morgan fingerprint density at radius 1 is 1.41 bits per heavy atom. The highest BCUT2D eigenvalue weighted by Gasteiger charge is 2.18. The predicted molar refractivity (Wildman–Crippen MR) is 63.4 cm³/mol. The van der Waals surface area contributed by atoms with Gasteiger partial charge in [0.1, 0.15) is 0 Å². The molecule has 0 saturated carbocycles. The lowest BCUT2D eigenvalue weighted by molar-refractivity contribution is 0.0600. The highest BCUT2D eigenvalue weighted by molar-refractivity contribution is 7.89. The van der Waals surface area contributed by atoms with Crippen LogP contribution < -0.4 is 4.72 Å². The summed E-state index contributed by atoms with van der Waals surface area (Å²) in [6, 6.07) is 4.43. The Morgan fingerprint density at radius 2 is 2.06 bits per heavy atom. The molecule has 1 rings (SSSR count). The molecule has 0 spiro atoms. The van der Waals surface area contributed by atoms with Crippen LogP contribution >= 0.6 is 0 Å². The van der Waals surface area contributed by atoms with Crippen LogP contribution in [-0.2, 0) is 14.8 Å². The number of ether oxygens (including phenoxy) is 1. The molecule has 0 aliphatic carbocycles. The van der Waals surface area contributed by atoms with Crippen LogP contribution in [-0.4, -0.2) is 28.0 Å². The van der Waals surface area contributed by atoms with Gasteiger partial charge in [0.15, 0.2) is 0 Å². The summed E-state index contributed by atoms with van der Waals surface area (Å²) in [6.45, 7) is 3.66. The molecular weight excluding hydrogens is 242 g/mol. The van der Waals surface area contributed by atoms with Crippen molar-refractivity contribution >= 4 is 16.0 Å². The zero-order valence-electron chi connectivity index (χ0n) is 9.98. The van der Waals surface area contributed by atoms with Gasteiger partial charge in [0.2, 0.25) is 10.0 Å². The number of hydrogen-bond acceptors (Lipinski definition) is 4. The zero-order valence-corrected chi connectivity index (χ0v) is 10.8. The molecule has 5 nitrogen and oxygen atoms in total. The van der Waals surface area contributed by atoms with Crippen molar-refractivity contribution in [1.29, 1.82) is 0 Å². The molecule has 0 aromatic heterocycles. The number of esters is 1. The molecule has 0 fully saturated rings. The number of aryl methyl sites for hydroxylation is 1. The lowest BCUT2D eigenvalue weighted by atomic mass is 10.1. The summed E-state index contributed by atoms with van der Waals surface area (Å²) in [5.41, 5.74) is 0.799. The van der Waals surface area contributed by atoms with Crippen molar-refractivity contribution in [1.82, 2.24) is 4.72 Å². The minimum absolute atomic E-state index is 0.0993. The van der Waals surface area contributed by atoms with Crippen LogP contribution in [0.25, 0.3) is 0 Å². The Hall–Kier alpha value is -1.40. The average molecular weight is 257 g/mol. The van der Waals surface area contributed by atoms with Crippen molar-refractivity contribution in [2.45, 2.75) is 18.7 Å². The molecule has 0 bridgehead atoms. The topological polar surface area (TPSA) is 72.5 Å². The largest absolute Gasteiger partial charge is 0.465 e. The molecule has 0 amide bonds. The van der Waals surface area contributed by atoms with E-state index in [9.17, 15) is 13.2 Å². The van der Waals surface area contributed by atoms with Crippen LogP contribution in [0, 0.1) is 6.92 Å². The van der Waals surface area contributed by atoms with E-state index in [0.29, 0.717) is 12.1 Å². The number of hydrogen-bond donors (Lipinski definition) is 1. The molecule has 1 aromatic rings. The molecule has 0 aliphatic rings. The van der Waals surface area contributed by atoms with Crippen LogP contribution in [0.15, 0.2) is 23.1 Å². The molecule has 6 heteroatoms. The van der Waals surface area contributed by atoms with Gasteiger partial charge in [0, 0.05) is 6.54 Å². The van der Waals surface area contributed by atoms with Gasteiger partial charge in [0.25, 0.3) is 0 Å². The number of benzene rings is 1. The van der Waals surface area contributed by atoms with E-state index in [2.05, 4.69) is 9.46 Å². The van der Waals surface area contributed by atoms with E-state index in [4.69, 9.17) is 0 Å². The fraction of sp³-hybridized carbons (Fsp3) is 0.364. The van der Waals surface area contributed by atoms with Gasteiger partial charge in [-0.1, -0.05) is 13.0 Å². The van der Waals surface area contributed by atoms with E-state index >= 15 is 0 Å². The molecule has 0 aliphatic heterocycles. The molecule has 1 aromatic carbocycles. The van der Waals surface area contributed by atoms with Crippen LogP contribution in [0.4, 0.5) is 0 Å². The summed E-state index contributed by atoms with van der Waals surface area (Å²) in [6.07, 6.45) is 0.